The molecule has 0 aliphatic carbocycles. The van der Waals surface area contributed by atoms with Crippen LogP contribution in [0.25, 0.3) is 0 Å². The van der Waals surface area contributed by atoms with Crippen LogP contribution < -0.4 is 0 Å². The zero-order valence-electron chi connectivity index (χ0n) is 7.45. The summed E-state index contributed by atoms with van der Waals surface area (Å²) in [4.78, 5) is 4.05. The normalized spacial score (nSPS) is 13.5. The SMILES string of the molecule is CN=C(C(C)=N)C(C)(C)C. The molecule has 0 radical (unpaired) electrons. The van der Waals surface area contributed by atoms with E-state index in [0.717, 1.165) is 5.71 Å². The molecule has 0 saturated heterocycles. The van der Waals surface area contributed by atoms with Gasteiger partial charge in [-0.05, 0) is 6.92 Å². The van der Waals surface area contributed by atoms with E-state index in [1.54, 1.807) is 14.0 Å². The molecule has 0 aromatic carbocycles. The Morgan fingerprint density at radius 2 is 1.70 bits per heavy atom. The Hall–Kier alpha value is -0.660. The first-order valence-corrected chi connectivity index (χ1v) is 3.42. The Morgan fingerprint density at radius 1 is 1.30 bits per heavy atom. The van der Waals surface area contributed by atoms with Gasteiger partial charge in [0.1, 0.15) is 0 Å². The molecule has 0 amide bonds. The maximum absolute atomic E-state index is 7.38. The maximum Gasteiger partial charge on any atom is 0.0602 e. The van der Waals surface area contributed by atoms with Crippen molar-refractivity contribution >= 4 is 11.4 Å². The van der Waals surface area contributed by atoms with E-state index in [1.165, 1.54) is 0 Å². The number of nitrogens with zero attached hydrogens (tertiary/aromatic N) is 1. The molecule has 0 rings (SSSR count). The molecule has 0 atom stereocenters. The molecular weight excluding hydrogens is 124 g/mol. The molecule has 0 aromatic heterocycles. The van der Waals surface area contributed by atoms with Crippen molar-refractivity contribution in [3.8, 4) is 0 Å². The molecule has 0 heterocycles. The van der Waals surface area contributed by atoms with E-state index in [1.807, 2.05) is 0 Å². The second-order valence-corrected chi connectivity index (χ2v) is 3.45. The van der Waals surface area contributed by atoms with Crippen LogP contribution in [0.1, 0.15) is 27.7 Å². The van der Waals surface area contributed by atoms with E-state index in [9.17, 15) is 0 Å². The van der Waals surface area contributed by atoms with E-state index in [2.05, 4.69) is 25.8 Å². The number of nitrogens with one attached hydrogen (secondary N) is 1. The molecule has 0 aliphatic heterocycles. The van der Waals surface area contributed by atoms with E-state index in [4.69, 9.17) is 5.41 Å². The lowest BCUT2D eigenvalue weighted by Gasteiger charge is -2.19. The lowest BCUT2D eigenvalue weighted by Crippen LogP contribution is -2.26. The Bertz CT molecular complexity index is 161. The average molecular weight is 140 g/mol. The number of rotatable bonds is 1. The monoisotopic (exact) mass is 140 g/mol. The predicted octanol–water partition coefficient (Wildman–Crippen LogP) is 2.14. The first-order chi connectivity index (χ1) is 4.39. The fourth-order valence-electron chi connectivity index (χ4n) is 1.07. The third-order valence-corrected chi connectivity index (χ3v) is 1.29. The summed E-state index contributed by atoms with van der Waals surface area (Å²) in [5, 5.41) is 7.38. The second kappa shape index (κ2) is 2.95. The van der Waals surface area contributed by atoms with Crippen LogP contribution in [0.4, 0.5) is 0 Å². The summed E-state index contributed by atoms with van der Waals surface area (Å²) in [6.45, 7) is 7.96. The molecule has 0 spiro atoms. The Morgan fingerprint density at radius 3 is 1.70 bits per heavy atom. The molecule has 0 unspecified atom stereocenters. The lowest BCUT2D eigenvalue weighted by molar-refractivity contribution is 0.596. The molecule has 2 heteroatoms. The number of aliphatic imine (C=N–C) groups is 1. The van der Waals surface area contributed by atoms with E-state index < -0.39 is 0 Å². The Labute approximate surface area is 62.9 Å². The molecule has 58 valence electrons. The molecule has 0 saturated carbocycles. The molecule has 0 bridgehead atoms. The van der Waals surface area contributed by atoms with Crippen molar-refractivity contribution in [1.29, 1.82) is 5.41 Å². The van der Waals surface area contributed by atoms with Crippen molar-refractivity contribution in [1.82, 2.24) is 0 Å². The molecule has 0 aliphatic rings. The summed E-state index contributed by atoms with van der Waals surface area (Å²) in [6, 6.07) is 0. The minimum absolute atomic E-state index is 0.0145. The van der Waals surface area contributed by atoms with Crippen molar-refractivity contribution in [2.75, 3.05) is 7.05 Å². The smallest absolute Gasteiger partial charge is 0.0602 e. The van der Waals surface area contributed by atoms with Gasteiger partial charge >= 0.3 is 0 Å². The van der Waals surface area contributed by atoms with E-state index in [-0.39, 0.29) is 5.41 Å². The van der Waals surface area contributed by atoms with E-state index >= 15 is 0 Å². The summed E-state index contributed by atoms with van der Waals surface area (Å²) in [5.74, 6) is 0. The Kier molecular flexibility index (Phi) is 2.76. The molecule has 10 heavy (non-hydrogen) atoms. The van der Waals surface area contributed by atoms with Gasteiger partial charge in [0.15, 0.2) is 0 Å². The highest BCUT2D eigenvalue weighted by atomic mass is 14.7. The van der Waals surface area contributed by atoms with Crippen molar-refractivity contribution < 1.29 is 0 Å². The van der Waals surface area contributed by atoms with Crippen LogP contribution in [-0.4, -0.2) is 18.5 Å². The zero-order valence-corrected chi connectivity index (χ0v) is 7.45. The van der Waals surface area contributed by atoms with Gasteiger partial charge in [0.25, 0.3) is 0 Å². The standard InChI is InChI=1S/C8H16N2/c1-6(9)7(10-5)8(2,3)4/h9H,1-5H3. The van der Waals surface area contributed by atoms with Crippen LogP contribution in [0, 0.1) is 10.8 Å². The van der Waals surface area contributed by atoms with E-state index in [0.29, 0.717) is 5.71 Å². The summed E-state index contributed by atoms with van der Waals surface area (Å²) in [5.41, 5.74) is 1.46. The maximum atomic E-state index is 7.38. The van der Waals surface area contributed by atoms with Gasteiger partial charge in [-0.25, -0.2) is 0 Å². The third kappa shape index (κ3) is 2.29. The second-order valence-electron chi connectivity index (χ2n) is 3.45. The fourth-order valence-corrected chi connectivity index (χ4v) is 1.07. The zero-order chi connectivity index (χ0) is 8.36. The van der Waals surface area contributed by atoms with Crippen LogP contribution in [-0.2, 0) is 0 Å². The van der Waals surface area contributed by atoms with Gasteiger partial charge in [-0.3, -0.25) is 4.99 Å². The quantitative estimate of drug-likeness (QED) is 0.542. The molecule has 0 aromatic rings. The predicted molar refractivity (Wildman–Crippen MR) is 46.2 cm³/mol. The first kappa shape index (κ1) is 9.34. The molecule has 1 N–H and O–H groups in total. The summed E-state index contributed by atoms with van der Waals surface area (Å²) >= 11 is 0. The van der Waals surface area contributed by atoms with Gasteiger partial charge in [-0.2, -0.15) is 0 Å². The minimum Gasteiger partial charge on any atom is -0.304 e. The molecular formula is C8H16N2. The molecule has 2 nitrogen and oxygen atoms in total. The van der Waals surface area contributed by atoms with Gasteiger partial charge in [0.05, 0.1) is 5.71 Å². The summed E-state index contributed by atoms with van der Waals surface area (Å²) in [7, 11) is 1.73. The topological polar surface area (TPSA) is 36.2 Å². The van der Waals surface area contributed by atoms with Crippen LogP contribution in [0.15, 0.2) is 4.99 Å². The van der Waals surface area contributed by atoms with Crippen LogP contribution >= 0.6 is 0 Å². The van der Waals surface area contributed by atoms with Gasteiger partial charge in [0.2, 0.25) is 0 Å². The highest BCUT2D eigenvalue weighted by molar-refractivity contribution is 6.41. The third-order valence-electron chi connectivity index (χ3n) is 1.29. The van der Waals surface area contributed by atoms with Gasteiger partial charge in [-0.15, -0.1) is 0 Å². The fraction of sp³-hybridized carbons (Fsp3) is 0.750. The van der Waals surface area contributed by atoms with Gasteiger partial charge in [0, 0.05) is 18.2 Å². The highest BCUT2D eigenvalue weighted by Crippen LogP contribution is 2.16. The number of hydrogen-bond acceptors (Lipinski definition) is 2. The lowest BCUT2D eigenvalue weighted by atomic mass is 9.87. The van der Waals surface area contributed by atoms with Crippen molar-refractivity contribution in [3.63, 3.8) is 0 Å². The van der Waals surface area contributed by atoms with Crippen molar-refractivity contribution in [3.05, 3.63) is 0 Å². The highest BCUT2D eigenvalue weighted by Gasteiger charge is 2.19. The average Bonchev–Trinajstić information content (AvgIpc) is 1.60. The minimum atomic E-state index is 0.0145. The Balaban J connectivity index is 4.56. The largest absolute Gasteiger partial charge is 0.304 e. The number of hydrogen-bond donors (Lipinski definition) is 1. The van der Waals surface area contributed by atoms with Crippen LogP contribution in [0.5, 0.6) is 0 Å². The van der Waals surface area contributed by atoms with Crippen LogP contribution in [0.2, 0.25) is 0 Å². The van der Waals surface area contributed by atoms with Gasteiger partial charge < -0.3 is 5.41 Å². The summed E-state index contributed by atoms with van der Waals surface area (Å²) in [6.07, 6.45) is 0. The summed E-state index contributed by atoms with van der Waals surface area (Å²) < 4.78 is 0. The van der Waals surface area contributed by atoms with Crippen molar-refractivity contribution in [2.24, 2.45) is 10.4 Å². The first-order valence-electron chi connectivity index (χ1n) is 3.42. The van der Waals surface area contributed by atoms with Crippen LogP contribution in [0.3, 0.4) is 0 Å². The van der Waals surface area contributed by atoms with Crippen molar-refractivity contribution in [2.45, 2.75) is 27.7 Å². The molecule has 0 fully saturated rings. The van der Waals surface area contributed by atoms with Gasteiger partial charge in [-0.1, -0.05) is 20.8 Å².